The van der Waals surface area contributed by atoms with Gasteiger partial charge in [-0.15, -0.1) is 0 Å². The molecule has 2 rings (SSSR count). The van der Waals surface area contributed by atoms with Crippen molar-refractivity contribution in [2.45, 2.75) is 38.8 Å². The summed E-state index contributed by atoms with van der Waals surface area (Å²) in [5, 5.41) is 3.75. The second kappa shape index (κ2) is 5.65. The molecule has 1 aliphatic rings. The molecule has 1 saturated heterocycles. The first-order valence-electron chi connectivity index (χ1n) is 6.66. The van der Waals surface area contributed by atoms with Crippen LogP contribution in [-0.2, 0) is 0 Å². The van der Waals surface area contributed by atoms with Gasteiger partial charge in [0.1, 0.15) is 0 Å². The molecular formula is C15H24N2. The molecule has 1 unspecified atom stereocenters. The highest BCUT2D eigenvalue weighted by Gasteiger charge is 2.18. The zero-order valence-electron chi connectivity index (χ0n) is 11.2. The zero-order valence-corrected chi connectivity index (χ0v) is 11.2. The quantitative estimate of drug-likeness (QED) is 0.862. The molecule has 0 saturated carbocycles. The summed E-state index contributed by atoms with van der Waals surface area (Å²) < 4.78 is 0. The number of rotatable bonds is 3. The highest BCUT2D eigenvalue weighted by molar-refractivity contribution is 5.23. The highest BCUT2D eigenvalue weighted by Crippen LogP contribution is 2.17. The van der Waals surface area contributed by atoms with Gasteiger partial charge in [0, 0.05) is 12.1 Å². The maximum atomic E-state index is 3.75. The molecule has 1 aliphatic heterocycles. The number of hydrogen-bond donors (Lipinski definition) is 1. The maximum Gasteiger partial charge on any atom is 0.0294 e. The van der Waals surface area contributed by atoms with Gasteiger partial charge in [0.25, 0.3) is 0 Å². The molecule has 0 radical (unpaired) electrons. The Bertz CT molecular complexity index is 336. The predicted molar refractivity (Wildman–Crippen MR) is 73.2 cm³/mol. The van der Waals surface area contributed by atoms with Gasteiger partial charge in [-0.25, -0.2) is 0 Å². The van der Waals surface area contributed by atoms with Crippen molar-refractivity contribution in [2.24, 2.45) is 0 Å². The van der Waals surface area contributed by atoms with Gasteiger partial charge in [-0.3, -0.25) is 0 Å². The van der Waals surface area contributed by atoms with E-state index in [-0.39, 0.29) is 0 Å². The Morgan fingerprint density at radius 2 is 1.76 bits per heavy atom. The van der Waals surface area contributed by atoms with E-state index in [0.29, 0.717) is 12.1 Å². The summed E-state index contributed by atoms with van der Waals surface area (Å²) in [5.41, 5.74) is 2.73. The molecule has 94 valence electrons. The van der Waals surface area contributed by atoms with Crippen molar-refractivity contribution < 1.29 is 0 Å². The first-order valence-corrected chi connectivity index (χ1v) is 6.66. The minimum Gasteiger partial charge on any atom is -0.307 e. The van der Waals surface area contributed by atoms with Crippen LogP contribution in [0.4, 0.5) is 0 Å². The molecule has 17 heavy (non-hydrogen) atoms. The number of hydrogen-bond acceptors (Lipinski definition) is 2. The number of likely N-dealkylation sites (tertiary alicyclic amines) is 1. The summed E-state index contributed by atoms with van der Waals surface area (Å²) in [6.07, 6.45) is 2.54. The van der Waals surface area contributed by atoms with Crippen LogP contribution in [-0.4, -0.2) is 31.1 Å². The monoisotopic (exact) mass is 232 g/mol. The van der Waals surface area contributed by atoms with Crippen molar-refractivity contribution in [1.29, 1.82) is 0 Å². The fourth-order valence-corrected chi connectivity index (χ4v) is 2.48. The molecule has 1 aromatic carbocycles. The molecular weight excluding hydrogens is 208 g/mol. The molecule has 1 atom stereocenters. The van der Waals surface area contributed by atoms with Gasteiger partial charge in [-0.05, 0) is 52.4 Å². The number of piperidine rings is 1. The van der Waals surface area contributed by atoms with Crippen molar-refractivity contribution in [3.63, 3.8) is 0 Å². The molecule has 1 aromatic rings. The van der Waals surface area contributed by atoms with E-state index in [1.807, 2.05) is 0 Å². The SMILES string of the molecule is Cc1ccc(C(C)NC2CCN(C)CC2)cc1. The Balaban J connectivity index is 1.88. The highest BCUT2D eigenvalue weighted by atomic mass is 15.1. The van der Waals surface area contributed by atoms with Gasteiger partial charge < -0.3 is 10.2 Å². The lowest BCUT2D eigenvalue weighted by Gasteiger charge is -2.31. The maximum absolute atomic E-state index is 3.75. The topological polar surface area (TPSA) is 15.3 Å². The van der Waals surface area contributed by atoms with Gasteiger partial charge in [0.15, 0.2) is 0 Å². The molecule has 1 fully saturated rings. The molecule has 2 nitrogen and oxygen atoms in total. The fourth-order valence-electron chi connectivity index (χ4n) is 2.48. The van der Waals surface area contributed by atoms with E-state index in [1.54, 1.807) is 0 Å². The van der Waals surface area contributed by atoms with E-state index < -0.39 is 0 Å². The van der Waals surface area contributed by atoms with E-state index in [9.17, 15) is 0 Å². The summed E-state index contributed by atoms with van der Waals surface area (Å²) in [6, 6.07) is 10.0. The van der Waals surface area contributed by atoms with Gasteiger partial charge in [-0.2, -0.15) is 0 Å². The zero-order chi connectivity index (χ0) is 12.3. The van der Waals surface area contributed by atoms with E-state index in [2.05, 4.69) is 55.4 Å². The van der Waals surface area contributed by atoms with Crippen LogP contribution >= 0.6 is 0 Å². The molecule has 0 aromatic heterocycles. The number of benzene rings is 1. The lowest BCUT2D eigenvalue weighted by molar-refractivity contribution is 0.226. The molecule has 1 heterocycles. The summed E-state index contributed by atoms with van der Waals surface area (Å²) in [7, 11) is 2.21. The Kier molecular flexibility index (Phi) is 4.19. The Hall–Kier alpha value is -0.860. The first kappa shape index (κ1) is 12.6. The van der Waals surface area contributed by atoms with Crippen molar-refractivity contribution in [3.8, 4) is 0 Å². The van der Waals surface area contributed by atoms with E-state index in [1.165, 1.54) is 37.1 Å². The standard InChI is InChI=1S/C15H24N2/c1-12-4-6-14(7-5-12)13(2)16-15-8-10-17(3)11-9-15/h4-7,13,15-16H,8-11H2,1-3H3. The summed E-state index contributed by atoms with van der Waals surface area (Å²) in [6.45, 7) is 6.85. The Labute approximate surface area is 105 Å². The third kappa shape index (κ3) is 3.55. The van der Waals surface area contributed by atoms with Crippen molar-refractivity contribution in [3.05, 3.63) is 35.4 Å². The van der Waals surface area contributed by atoms with Crippen LogP contribution in [0.1, 0.15) is 36.9 Å². The van der Waals surface area contributed by atoms with Gasteiger partial charge in [-0.1, -0.05) is 29.8 Å². The molecule has 0 amide bonds. The van der Waals surface area contributed by atoms with Crippen molar-refractivity contribution in [2.75, 3.05) is 20.1 Å². The largest absolute Gasteiger partial charge is 0.307 e. The van der Waals surface area contributed by atoms with Crippen LogP contribution in [0.3, 0.4) is 0 Å². The summed E-state index contributed by atoms with van der Waals surface area (Å²) in [4.78, 5) is 2.41. The molecule has 1 N–H and O–H groups in total. The Morgan fingerprint density at radius 3 is 2.35 bits per heavy atom. The second-order valence-electron chi connectivity index (χ2n) is 5.38. The summed E-state index contributed by atoms with van der Waals surface area (Å²) in [5.74, 6) is 0. The van der Waals surface area contributed by atoms with Gasteiger partial charge in [0.2, 0.25) is 0 Å². The van der Waals surface area contributed by atoms with Crippen LogP contribution in [0, 0.1) is 6.92 Å². The third-order valence-corrected chi connectivity index (χ3v) is 3.78. The van der Waals surface area contributed by atoms with Crippen LogP contribution in [0.25, 0.3) is 0 Å². The van der Waals surface area contributed by atoms with E-state index in [0.717, 1.165) is 0 Å². The smallest absolute Gasteiger partial charge is 0.0294 e. The second-order valence-corrected chi connectivity index (χ2v) is 5.38. The van der Waals surface area contributed by atoms with Crippen LogP contribution in [0.15, 0.2) is 24.3 Å². The third-order valence-electron chi connectivity index (χ3n) is 3.78. The average Bonchev–Trinajstić information content (AvgIpc) is 2.33. The number of nitrogens with one attached hydrogen (secondary N) is 1. The lowest BCUT2D eigenvalue weighted by atomic mass is 10.0. The van der Waals surface area contributed by atoms with Crippen LogP contribution in [0.2, 0.25) is 0 Å². The Morgan fingerprint density at radius 1 is 1.18 bits per heavy atom. The lowest BCUT2D eigenvalue weighted by Crippen LogP contribution is -2.41. The molecule has 0 spiro atoms. The van der Waals surface area contributed by atoms with Crippen molar-refractivity contribution >= 4 is 0 Å². The fraction of sp³-hybridized carbons (Fsp3) is 0.600. The molecule has 0 bridgehead atoms. The first-order chi connectivity index (χ1) is 8.15. The van der Waals surface area contributed by atoms with Gasteiger partial charge >= 0.3 is 0 Å². The molecule has 0 aliphatic carbocycles. The van der Waals surface area contributed by atoms with E-state index >= 15 is 0 Å². The van der Waals surface area contributed by atoms with Crippen LogP contribution < -0.4 is 5.32 Å². The van der Waals surface area contributed by atoms with E-state index in [4.69, 9.17) is 0 Å². The normalized spacial score (nSPS) is 20.4. The summed E-state index contributed by atoms with van der Waals surface area (Å²) >= 11 is 0. The minimum atomic E-state index is 0.462. The van der Waals surface area contributed by atoms with Crippen LogP contribution in [0.5, 0.6) is 0 Å². The minimum absolute atomic E-state index is 0.462. The average molecular weight is 232 g/mol. The van der Waals surface area contributed by atoms with Crippen molar-refractivity contribution in [1.82, 2.24) is 10.2 Å². The predicted octanol–water partition coefficient (Wildman–Crippen LogP) is 2.74. The number of nitrogens with zero attached hydrogens (tertiary/aromatic N) is 1. The van der Waals surface area contributed by atoms with Gasteiger partial charge in [0.05, 0.1) is 0 Å². The number of aryl methyl sites for hydroxylation is 1. The molecule has 2 heteroatoms.